The van der Waals surface area contributed by atoms with Crippen molar-refractivity contribution in [2.45, 2.75) is 19.4 Å². The minimum atomic E-state index is 0.187. The fourth-order valence-electron chi connectivity index (χ4n) is 1.17. The molecule has 0 saturated carbocycles. The largest absolute Gasteiger partial charge is 0.467 e. The van der Waals surface area contributed by atoms with Gasteiger partial charge in [0.2, 0.25) is 5.95 Å². The molecule has 1 unspecified atom stereocenters. The number of nitrogens with zero attached hydrogens (tertiary/aromatic N) is 3. The number of anilines is 1. The molecule has 1 atom stereocenters. The summed E-state index contributed by atoms with van der Waals surface area (Å²) >= 11 is 0. The highest BCUT2D eigenvalue weighted by molar-refractivity contribution is 5.28. The summed E-state index contributed by atoms with van der Waals surface area (Å²) in [6, 6.07) is 0.628. The first-order valence-corrected chi connectivity index (χ1v) is 5.29. The summed E-state index contributed by atoms with van der Waals surface area (Å²) in [7, 11) is 4.65. The summed E-state index contributed by atoms with van der Waals surface area (Å²) < 4.78 is 14.9. The van der Waals surface area contributed by atoms with Gasteiger partial charge in [0.05, 0.1) is 14.2 Å². The van der Waals surface area contributed by atoms with E-state index in [4.69, 9.17) is 14.2 Å². The molecule has 0 amide bonds. The monoisotopic (exact) mass is 242 g/mol. The van der Waals surface area contributed by atoms with Gasteiger partial charge in [-0.05, 0) is 13.3 Å². The molecule has 0 radical (unpaired) electrons. The average Bonchev–Trinajstić information content (AvgIpc) is 2.35. The minimum Gasteiger partial charge on any atom is -0.467 e. The molecule has 0 aliphatic rings. The van der Waals surface area contributed by atoms with E-state index in [1.165, 1.54) is 14.2 Å². The molecule has 0 aliphatic carbocycles. The fourth-order valence-corrected chi connectivity index (χ4v) is 1.17. The van der Waals surface area contributed by atoms with Gasteiger partial charge in [0.15, 0.2) is 0 Å². The topological polar surface area (TPSA) is 78.4 Å². The van der Waals surface area contributed by atoms with Crippen molar-refractivity contribution in [2.75, 3.05) is 33.3 Å². The lowest BCUT2D eigenvalue weighted by Gasteiger charge is -2.13. The molecule has 1 N–H and O–H groups in total. The molecule has 0 bridgehead atoms. The molecule has 96 valence electrons. The number of rotatable bonds is 7. The Morgan fingerprint density at radius 1 is 1.06 bits per heavy atom. The normalized spacial score (nSPS) is 12.0. The van der Waals surface area contributed by atoms with Gasteiger partial charge in [0, 0.05) is 19.8 Å². The lowest BCUT2D eigenvalue weighted by molar-refractivity contribution is 0.191. The lowest BCUT2D eigenvalue weighted by Crippen LogP contribution is -2.19. The second-order valence-electron chi connectivity index (χ2n) is 3.46. The summed E-state index contributed by atoms with van der Waals surface area (Å²) in [6.45, 7) is 2.69. The predicted molar refractivity (Wildman–Crippen MR) is 62.5 cm³/mol. The molecule has 7 heteroatoms. The summed E-state index contributed by atoms with van der Waals surface area (Å²) in [5, 5.41) is 3.12. The second kappa shape index (κ2) is 6.85. The van der Waals surface area contributed by atoms with Crippen molar-refractivity contribution in [2.24, 2.45) is 0 Å². The first-order valence-electron chi connectivity index (χ1n) is 5.29. The van der Waals surface area contributed by atoms with E-state index in [-0.39, 0.29) is 18.1 Å². The van der Waals surface area contributed by atoms with Gasteiger partial charge in [-0.2, -0.15) is 9.97 Å². The van der Waals surface area contributed by atoms with Crippen molar-refractivity contribution in [1.82, 2.24) is 15.0 Å². The predicted octanol–water partition coefficient (Wildman–Crippen LogP) is 0.726. The number of aromatic nitrogens is 3. The van der Waals surface area contributed by atoms with Gasteiger partial charge in [0.1, 0.15) is 0 Å². The van der Waals surface area contributed by atoms with Gasteiger partial charge in [-0.25, -0.2) is 0 Å². The van der Waals surface area contributed by atoms with Crippen LogP contribution in [0.15, 0.2) is 0 Å². The van der Waals surface area contributed by atoms with Crippen molar-refractivity contribution in [3.63, 3.8) is 0 Å². The second-order valence-corrected chi connectivity index (χ2v) is 3.46. The maximum atomic E-state index is 5.00. The van der Waals surface area contributed by atoms with Crippen LogP contribution >= 0.6 is 0 Å². The molecule has 0 aliphatic heterocycles. The standard InChI is InChI=1S/C10H18N4O3/c1-7(5-6-15-2)11-8-12-9(16-3)14-10(13-8)17-4/h7H,5-6H2,1-4H3,(H,11,12,13,14). The van der Waals surface area contributed by atoms with Crippen molar-refractivity contribution >= 4 is 5.95 Å². The molecule has 0 spiro atoms. The van der Waals surface area contributed by atoms with Crippen molar-refractivity contribution in [3.05, 3.63) is 0 Å². The average molecular weight is 242 g/mol. The molecular formula is C10H18N4O3. The summed E-state index contributed by atoms with van der Waals surface area (Å²) in [5.41, 5.74) is 0. The van der Waals surface area contributed by atoms with E-state index in [1.807, 2.05) is 6.92 Å². The van der Waals surface area contributed by atoms with Crippen LogP contribution in [0.3, 0.4) is 0 Å². The number of hydrogen-bond donors (Lipinski definition) is 1. The Labute approximate surface area is 101 Å². The molecule has 17 heavy (non-hydrogen) atoms. The fraction of sp³-hybridized carbons (Fsp3) is 0.700. The Morgan fingerprint density at radius 3 is 2.12 bits per heavy atom. The molecular weight excluding hydrogens is 224 g/mol. The van der Waals surface area contributed by atoms with Gasteiger partial charge in [-0.3, -0.25) is 0 Å². The Hall–Kier alpha value is -1.63. The van der Waals surface area contributed by atoms with Crippen molar-refractivity contribution < 1.29 is 14.2 Å². The van der Waals surface area contributed by atoms with Crippen LogP contribution < -0.4 is 14.8 Å². The van der Waals surface area contributed by atoms with E-state index in [0.29, 0.717) is 12.6 Å². The Morgan fingerprint density at radius 2 is 1.65 bits per heavy atom. The van der Waals surface area contributed by atoms with Crippen LogP contribution in [0.1, 0.15) is 13.3 Å². The van der Waals surface area contributed by atoms with Crippen LogP contribution in [-0.2, 0) is 4.74 Å². The van der Waals surface area contributed by atoms with Gasteiger partial charge in [-0.15, -0.1) is 4.98 Å². The third-order valence-corrected chi connectivity index (χ3v) is 2.09. The third kappa shape index (κ3) is 4.39. The van der Waals surface area contributed by atoms with Gasteiger partial charge in [-0.1, -0.05) is 0 Å². The summed E-state index contributed by atoms with van der Waals surface area (Å²) in [5.74, 6) is 0.428. The molecule has 1 heterocycles. The number of ether oxygens (including phenoxy) is 3. The Bertz CT molecular complexity index is 326. The van der Waals surface area contributed by atoms with Crippen LogP contribution in [-0.4, -0.2) is 48.9 Å². The highest BCUT2D eigenvalue weighted by Crippen LogP contribution is 2.13. The number of hydrogen-bond acceptors (Lipinski definition) is 7. The van der Waals surface area contributed by atoms with E-state index in [9.17, 15) is 0 Å². The van der Waals surface area contributed by atoms with E-state index < -0.39 is 0 Å². The van der Waals surface area contributed by atoms with Crippen molar-refractivity contribution in [1.29, 1.82) is 0 Å². The van der Waals surface area contributed by atoms with Gasteiger partial charge < -0.3 is 19.5 Å². The molecule has 0 saturated heterocycles. The zero-order valence-electron chi connectivity index (χ0n) is 10.6. The molecule has 1 rings (SSSR count). The smallest absolute Gasteiger partial charge is 0.324 e. The molecule has 0 aromatic carbocycles. The number of nitrogens with one attached hydrogen (secondary N) is 1. The number of methoxy groups -OCH3 is 3. The minimum absolute atomic E-state index is 0.187. The quantitative estimate of drug-likeness (QED) is 0.754. The molecule has 0 fully saturated rings. The maximum Gasteiger partial charge on any atom is 0.324 e. The molecule has 1 aromatic heterocycles. The first kappa shape index (κ1) is 13.4. The Kier molecular flexibility index (Phi) is 5.41. The highest BCUT2D eigenvalue weighted by atomic mass is 16.5. The van der Waals surface area contributed by atoms with Crippen LogP contribution in [0.25, 0.3) is 0 Å². The van der Waals surface area contributed by atoms with Crippen LogP contribution in [0.2, 0.25) is 0 Å². The van der Waals surface area contributed by atoms with E-state index in [0.717, 1.165) is 6.42 Å². The lowest BCUT2D eigenvalue weighted by atomic mass is 10.2. The Balaban J connectivity index is 2.68. The van der Waals surface area contributed by atoms with Crippen LogP contribution in [0.5, 0.6) is 12.0 Å². The summed E-state index contributed by atoms with van der Waals surface area (Å²) in [4.78, 5) is 12.1. The van der Waals surface area contributed by atoms with Gasteiger partial charge in [0.25, 0.3) is 0 Å². The highest BCUT2D eigenvalue weighted by Gasteiger charge is 2.09. The van der Waals surface area contributed by atoms with Gasteiger partial charge >= 0.3 is 12.0 Å². The maximum absolute atomic E-state index is 5.00. The summed E-state index contributed by atoms with van der Waals surface area (Å²) in [6.07, 6.45) is 0.854. The zero-order chi connectivity index (χ0) is 12.7. The van der Waals surface area contributed by atoms with E-state index in [1.54, 1.807) is 7.11 Å². The first-order chi connectivity index (χ1) is 8.19. The van der Waals surface area contributed by atoms with E-state index in [2.05, 4.69) is 20.3 Å². The third-order valence-electron chi connectivity index (χ3n) is 2.09. The SMILES string of the molecule is COCCC(C)Nc1nc(OC)nc(OC)n1. The zero-order valence-corrected chi connectivity index (χ0v) is 10.6. The molecule has 7 nitrogen and oxygen atoms in total. The van der Waals surface area contributed by atoms with Crippen LogP contribution in [0, 0.1) is 0 Å². The van der Waals surface area contributed by atoms with Crippen LogP contribution in [0.4, 0.5) is 5.95 Å². The molecule has 1 aromatic rings. The van der Waals surface area contributed by atoms with Crippen molar-refractivity contribution in [3.8, 4) is 12.0 Å². The van der Waals surface area contributed by atoms with E-state index >= 15 is 0 Å².